The van der Waals surface area contributed by atoms with E-state index in [1.54, 1.807) is 10.5 Å². The molecule has 0 radical (unpaired) electrons. The molecule has 7 heteroatoms. The largest absolute Gasteiger partial charge is 0.441 e. The molecule has 0 spiro atoms. The fourth-order valence-electron chi connectivity index (χ4n) is 3.79. The first-order chi connectivity index (χ1) is 13.6. The van der Waals surface area contributed by atoms with Crippen molar-refractivity contribution in [3.05, 3.63) is 58.8 Å². The minimum atomic E-state index is -0.0983. The Morgan fingerprint density at radius 1 is 1.18 bits per heavy atom. The number of nitrogens with zero attached hydrogens (tertiary/aromatic N) is 4. The van der Waals surface area contributed by atoms with Crippen LogP contribution in [0.5, 0.6) is 0 Å². The van der Waals surface area contributed by atoms with Gasteiger partial charge >= 0.3 is 0 Å². The lowest BCUT2D eigenvalue weighted by atomic mass is 10.1. The van der Waals surface area contributed by atoms with Gasteiger partial charge in [0.05, 0.1) is 11.4 Å². The van der Waals surface area contributed by atoms with Crippen LogP contribution >= 0.6 is 0 Å². The molecule has 1 fully saturated rings. The lowest BCUT2D eigenvalue weighted by Gasteiger charge is -2.33. The summed E-state index contributed by atoms with van der Waals surface area (Å²) in [6.45, 7) is 6.77. The molecule has 1 aliphatic rings. The van der Waals surface area contributed by atoms with Crippen molar-refractivity contribution in [2.45, 2.75) is 19.9 Å². The van der Waals surface area contributed by atoms with E-state index < -0.39 is 0 Å². The van der Waals surface area contributed by atoms with E-state index in [4.69, 9.17) is 9.40 Å². The van der Waals surface area contributed by atoms with Crippen LogP contribution in [0.15, 0.2) is 51.8 Å². The Bertz CT molecular complexity index is 1240. The number of fused-ring (bicyclic) bond motifs is 2. The van der Waals surface area contributed by atoms with Crippen LogP contribution in [-0.2, 0) is 0 Å². The Hall–Kier alpha value is -3.19. The van der Waals surface area contributed by atoms with Crippen molar-refractivity contribution in [3.8, 4) is 11.3 Å². The van der Waals surface area contributed by atoms with Gasteiger partial charge in [0.15, 0.2) is 11.5 Å². The molecule has 4 aromatic rings. The molecule has 1 aliphatic heterocycles. The van der Waals surface area contributed by atoms with Gasteiger partial charge in [0.25, 0.3) is 5.56 Å². The number of hydrogen-bond acceptors (Lipinski definition) is 6. The Morgan fingerprint density at radius 3 is 2.93 bits per heavy atom. The zero-order valence-corrected chi connectivity index (χ0v) is 15.8. The number of aryl methyl sites for hydroxylation is 1. The third kappa shape index (κ3) is 2.93. The van der Waals surface area contributed by atoms with E-state index in [9.17, 15) is 4.79 Å². The predicted octanol–water partition coefficient (Wildman–Crippen LogP) is 2.61. The zero-order valence-electron chi connectivity index (χ0n) is 15.8. The molecule has 4 heterocycles. The number of oxazole rings is 1. The SMILES string of the molecule is Cc1nc2ccc(-c3cc(=O)n4cc(N5CCN[C@@H](C)C5)ccc4n3)cc2o1. The molecule has 7 nitrogen and oxygen atoms in total. The number of pyridine rings is 1. The van der Waals surface area contributed by atoms with Crippen LogP contribution in [0, 0.1) is 6.92 Å². The second-order valence-corrected chi connectivity index (χ2v) is 7.31. The van der Waals surface area contributed by atoms with Crippen LogP contribution in [0.1, 0.15) is 12.8 Å². The average Bonchev–Trinajstić information content (AvgIpc) is 3.07. The Balaban J connectivity index is 1.56. The Kier molecular flexibility index (Phi) is 3.91. The highest BCUT2D eigenvalue weighted by atomic mass is 16.3. The van der Waals surface area contributed by atoms with Crippen LogP contribution in [-0.4, -0.2) is 40.0 Å². The molecule has 0 saturated carbocycles. The molecule has 28 heavy (non-hydrogen) atoms. The Labute approximate surface area is 161 Å². The molecular weight excluding hydrogens is 354 g/mol. The number of hydrogen-bond donors (Lipinski definition) is 1. The number of aromatic nitrogens is 3. The van der Waals surface area contributed by atoms with Crippen molar-refractivity contribution < 1.29 is 4.42 Å². The number of piperazine rings is 1. The highest BCUT2D eigenvalue weighted by Gasteiger charge is 2.17. The molecule has 0 aliphatic carbocycles. The molecule has 0 amide bonds. The number of rotatable bonds is 2. The molecule has 1 saturated heterocycles. The van der Waals surface area contributed by atoms with Crippen molar-refractivity contribution in [2.75, 3.05) is 24.5 Å². The van der Waals surface area contributed by atoms with Crippen LogP contribution in [0.25, 0.3) is 28.0 Å². The molecule has 5 rings (SSSR count). The second-order valence-electron chi connectivity index (χ2n) is 7.31. The van der Waals surface area contributed by atoms with E-state index >= 15 is 0 Å². The van der Waals surface area contributed by atoms with E-state index in [2.05, 4.69) is 22.1 Å². The van der Waals surface area contributed by atoms with Gasteiger partial charge in [-0.05, 0) is 31.2 Å². The molecular formula is C21H21N5O2. The van der Waals surface area contributed by atoms with Crippen LogP contribution < -0.4 is 15.8 Å². The first kappa shape index (κ1) is 16.9. The minimum absolute atomic E-state index is 0.0983. The van der Waals surface area contributed by atoms with Gasteiger partial charge < -0.3 is 14.6 Å². The van der Waals surface area contributed by atoms with Gasteiger partial charge in [0.2, 0.25) is 0 Å². The third-order valence-electron chi connectivity index (χ3n) is 5.17. The summed E-state index contributed by atoms with van der Waals surface area (Å²) in [5.74, 6) is 0.619. The maximum absolute atomic E-state index is 12.8. The lowest BCUT2D eigenvalue weighted by molar-refractivity contribution is 0.484. The number of benzene rings is 1. The smallest absolute Gasteiger partial charge is 0.258 e. The summed E-state index contributed by atoms with van der Waals surface area (Å²) in [4.78, 5) is 24.1. The van der Waals surface area contributed by atoms with Gasteiger partial charge in [-0.1, -0.05) is 6.07 Å². The summed E-state index contributed by atoms with van der Waals surface area (Å²) >= 11 is 0. The summed E-state index contributed by atoms with van der Waals surface area (Å²) in [6, 6.07) is 11.6. The van der Waals surface area contributed by atoms with Gasteiger partial charge in [-0.3, -0.25) is 9.20 Å². The summed E-state index contributed by atoms with van der Waals surface area (Å²) in [5, 5.41) is 3.44. The van der Waals surface area contributed by atoms with Crippen molar-refractivity contribution in [1.29, 1.82) is 0 Å². The van der Waals surface area contributed by atoms with E-state index in [-0.39, 0.29) is 5.56 Å². The molecule has 3 aromatic heterocycles. The lowest BCUT2D eigenvalue weighted by Crippen LogP contribution is -2.49. The summed E-state index contributed by atoms with van der Waals surface area (Å²) in [6.07, 6.45) is 1.88. The fourth-order valence-corrected chi connectivity index (χ4v) is 3.79. The van der Waals surface area contributed by atoms with Crippen molar-refractivity contribution in [2.24, 2.45) is 0 Å². The monoisotopic (exact) mass is 375 g/mol. The maximum Gasteiger partial charge on any atom is 0.258 e. The van der Waals surface area contributed by atoms with Gasteiger partial charge in [0, 0.05) is 50.4 Å². The van der Waals surface area contributed by atoms with Crippen LogP contribution in [0.2, 0.25) is 0 Å². The molecule has 0 bridgehead atoms. The first-order valence-corrected chi connectivity index (χ1v) is 9.46. The minimum Gasteiger partial charge on any atom is -0.441 e. The number of anilines is 1. The summed E-state index contributed by atoms with van der Waals surface area (Å²) in [7, 11) is 0. The molecule has 142 valence electrons. The fraction of sp³-hybridized carbons (Fsp3) is 0.286. The van der Waals surface area contributed by atoms with Crippen LogP contribution in [0.3, 0.4) is 0 Å². The van der Waals surface area contributed by atoms with Crippen molar-refractivity contribution in [3.63, 3.8) is 0 Å². The molecule has 1 atom stereocenters. The van der Waals surface area contributed by atoms with E-state index in [1.165, 1.54) is 0 Å². The summed E-state index contributed by atoms with van der Waals surface area (Å²) < 4.78 is 7.22. The third-order valence-corrected chi connectivity index (χ3v) is 5.17. The van der Waals surface area contributed by atoms with Gasteiger partial charge in [0.1, 0.15) is 11.2 Å². The molecule has 0 unspecified atom stereocenters. The molecule has 1 aromatic carbocycles. The average molecular weight is 375 g/mol. The quantitative estimate of drug-likeness (QED) is 0.580. The summed E-state index contributed by atoms with van der Waals surface area (Å²) in [5.41, 5.74) is 4.53. The highest BCUT2D eigenvalue weighted by Crippen LogP contribution is 2.24. The molecule has 1 N–H and O–H groups in total. The van der Waals surface area contributed by atoms with Crippen molar-refractivity contribution in [1.82, 2.24) is 19.7 Å². The van der Waals surface area contributed by atoms with E-state index in [0.717, 1.165) is 36.4 Å². The number of nitrogens with one attached hydrogen (secondary N) is 1. The zero-order chi connectivity index (χ0) is 19.3. The van der Waals surface area contributed by atoms with Gasteiger partial charge in [-0.2, -0.15) is 0 Å². The van der Waals surface area contributed by atoms with E-state index in [0.29, 0.717) is 28.9 Å². The predicted molar refractivity (Wildman–Crippen MR) is 109 cm³/mol. The second kappa shape index (κ2) is 6.45. The highest BCUT2D eigenvalue weighted by molar-refractivity contribution is 5.79. The van der Waals surface area contributed by atoms with Crippen molar-refractivity contribution >= 4 is 22.4 Å². The van der Waals surface area contributed by atoms with E-state index in [1.807, 2.05) is 43.5 Å². The first-order valence-electron chi connectivity index (χ1n) is 9.46. The Morgan fingerprint density at radius 2 is 2.07 bits per heavy atom. The van der Waals surface area contributed by atoms with Crippen LogP contribution in [0.4, 0.5) is 5.69 Å². The topological polar surface area (TPSA) is 75.7 Å². The van der Waals surface area contributed by atoms with Gasteiger partial charge in [-0.25, -0.2) is 9.97 Å². The van der Waals surface area contributed by atoms with Gasteiger partial charge in [-0.15, -0.1) is 0 Å². The standard InChI is InChI=1S/C21H21N5O2/c1-13-11-25(8-7-22-13)16-4-6-20-24-18(10-21(27)26(20)12-16)15-3-5-17-19(9-15)28-14(2)23-17/h3-6,9-10,12-13,22H,7-8,11H2,1-2H3/t13-/m0/s1. The maximum atomic E-state index is 12.8. The normalized spacial score (nSPS) is 17.5.